The fourth-order valence-corrected chi connectivity index (χ4v) is 1.43. The molecule has 6 heteroatoms. The number of rotatable bonds is 6. The van der Waals surface area contributed by atoms with Crippen LogP contribution < -0.4 is 14.8 Å². The first kappa shape index (κ1) is 15.4. The molecule has 1 rings (SSSR count). The number of nitrogens with zero attached hydrogens (tertiary/aromatic N) is 1. The number of benzene rings is 1. The van der Waals surface area contributed by atoms with Crippen LogP contribution >= 0.6 is 0 Å². The van der Waals surface area contributed by atoms with Gasteiger partial charge in [-0.2, -0.15) is 5.26 Å². The van der Waals surface area contributed by atoms with Gasteiger partial charge in [0, 0.05) is 18.0 Å². The Balaban J connectivity index is 2.88. The minimum Gasteiger partial charge on any atom is -0.493 e. The maximum atomic E-state index is 11.4. The van der Waals surface area contributed by atoms with Gasteiger partial charge in [0.25, 0.3) is 0 Å². The minimum absolute atomic E-state index is 0.110. The molecule has 0 bridgehead atoms. The quantitative estimate of drug-likeness (QED) is 0.487. The van der Waals surface area contributed by atoms with E-state index in [1.165, 1.54) is 13.3 Å². The van der Waals surface area contributed by atoms with Gasteiger partial charge >= 0.3 is 5.97 Å². The lowest BCUT2D eigenvalue weighted by Gasteiger charge is -2.09. The molecule has 0 fully saturated rings. The van der Waals surface area contributed by atoms with E-state index in [2.05, 4.69) is 5.32 Å². The van der Waals surface area contributed by atoms with Crippen molar-refractivity contribution in [1.82, 2.24) is 0 Å². The van der Waals surface area contributed by atoms with Crippen LogP contribution in [0.25, 0.3) is 0 Å². The summed E-state index contributed by atoms with van der Waals surface area (Å²) in [7, 11) is 3.07. The summed E-state index contributed by atoms with van der Waals surface area (Å²) in [5, 5.41) is 11.7. The first-order valence-electron chi connectivity index (χ1n) is 5.92. The molecule has 0 spiro atoms. The largest absolute Gasteiger partial charge is 0.493 e. The highest BCUT2D eigenvalue weighted by molar-refractivity contribution is 5.93. The standard InChI is InChI=1S/C14H16N2O4/c1-4-20-14(17)10(8-15)9-16-11-5-6-12(18-2)13(7-11)19-3/h5-7,9,16H,4H2,1-3H3/b10-9+. The molecular formula is C14H16N2O4. The van der Waals surface area contributed by atoms with Gasteiger partial charge < -0.3 is 19.5 Å². The van der Waals surface area contributed by atoms with Crippen molar-refractivity contribution in [2.75, 3.05) is 26.1 Å². The summed E-state index contributed by atoms with van der Waals surface area (Å²) in [6.45, 7) is 1.89. The van der Waals surface area contributed by atoms with Crippen molar-refractivity contribution in [3.8, 4) is 17.6 Å². The third kappa shape index (κ3) is 3.92. The van der Waals surface area contributed by atoms with Crippen LogP contribution in [0.3, 0.4) is 0 Å². The van der Waals surface area contributed by atoms with Crippen molar-refractivity contribution in [3.05, 3.63) is 30.0 Å². The van der Waals surface area contributed by atoms with Crippen LogP contribution in [0.2, 0.25) is 0 Å². The van der Waals surface area contributed by atoms with E-state index in [1.54, 1.807) is 38.3 Å². The molecule has 20 heavy (non-hydrogen) atoms. The summed E-state index contributed by atoms with van der Waals surface area (Å²) in [6, 6.07) is 6.91. The number of carbonyl (C=O) groups excluding carboxylic acids is 1. The van der Waals surface area contributed by atoms with Crippen LogP contribution in [0.15, 0.2) is 30.0 Å². The second-order valence-electron chi connectivity index (χ2n) is 3.60. The molecule has 0 heterocycles. The molecule has 1 aromatic rings. The summed E-state index contributed by atoms with van der Waals surface area (Å²) in [5.41, 5.74) is 0.543. The number of methoxy groups -OCH3 is 2. The molecule has 0 radical (unpaired) electrons. The number of esters is 1. The van der Waals surface area contributed by atoms with Gasteiger partial charge in [0.05, 0.1) is 20.8 Å². The predicted molar refractivity (Wildman–Crippen MR) is 73.5 cm³/mol. The van der Waals surface area contributed by atoms with E-state index in [9.17, 15) is 4.79 Å². The summed E-state index contributed by atoms with van der Waals surface area (Å²) in [6.07, 6.45) is 1.29. The zero-order valence-electron chi connectivity index (χ0n) is 11.6. The Labute approximate surface area is 117 Å². The third-order valence-electron chi connectivity index (χ3n) is 2.38. The number of anilines is 1. The van der Waals surface area contributed by atoms with Crippen molar-refractivity contribution in [2.24, 2.45) is 0 Å². The molecule has 0 aliphatic rings. The second-order valence-corrected chi connectivity index (χ2v) is 3.60. The Morgan fingerprint density at radius 2 is 2.05 bits per heavy atom. The summed E-state index contributed by atoms with van der Waals surface area (Å²) < 4.78 is 15.0. The van der Waals surface area contributed by atoms with Gasteiger partial charge in [-0.05, 0) is 19.1 Å². The van der Waals surface area contributed by atoms with E-state index in [0.717, 1.165) is 0 Å². The van der Waals surface area contributed by atoms with E-state index >= 15 is 0 Å². The van der Waals surface area contributed by atoms with E-state index in [0.29, 0.717) is 17.2 Å². The van der Waals surface area contributed by atoms with Crippen molar-refractivity contribution >= 4 is 11.7 Å². The summed E-state index contributed by atoms with van der Waals surface area (Å²) in [5.74, 6) is 0.469. The van der Waals surface area contributed by atoms with E-state index < -0.39 is 5.97 Å². The third-order valence-corrected chi connectivity index (χ3v) is 2.38. The molecule has 0 aliphatic carbocycles. The van der Waals surface area contributed by atoms with Gasteiger partial charge in [0.2, 0.25) is 0 Å². The van der Waals surface area contributed by atoms with Crippen LogP contribution in [0.1, 0.15) is 6.92 Å². The number of nitrogens with one attached hydrogen (secondary N) is 1. The zero-order chi connectivity index (χ0) is 15.0. The maximum absolute atomic E-state index is 11.4. The molecule has 0 aliphatic heterocycles. The second kappa shape index (κ2) is 7.69. The molecule has 0 aromatic heterocycles. The van der Waals surface area contributed by atoms with Gasteiger partial charge in [0.1, 0.15) is 6.07 Å². The lowest BCUT2D eigenvalue weighted by atomic mass is 10.2. The van der Waals surface area contributed by atoms with Crippen LogP contribution in [0.5, 0.6) is 11.5 Å². The first-order chi connectivity index (χ1) is 9.65. The van der Waals surface area contributed by atoms with Gasteiger partial charge in [0.15, 0.2) is 17.1 Å². The van der Waals surface area contributed by atoms with Crippen LogP contribution in [0.4, 0.5) is 5.69 Å². The monoisotopic (exact) mass is 276 g/mol. The molecule has 1 aromatic carbocycles. The Kier molecular flexibility index (Phi) is 5.91. The number of ether oxygens (including phenoxy) is 3. The van der Waals surface area contributed by atoms with Crippen LogP contribution in [-0.4, -0.2) is 26.8 Å². The molecule has 0 amide bonds. The number of hydrogen-bond donors (Lipinski definition) is 1. The summed E-state index contributed by atoms with van der Waals surface area (Å²) >= 11 is 0. The molecule has 0 saturated heterocycles. The Morgan fingerprint density at radius 1 is 1.35 bits per heavy atom. The molecule has 0 atom stereocenters. The Morgan fingerprint density at radius 3 is 2.60 bits per heavy atom. The summed E-state index contributed by atoms with van der Waals surface area (Å²) in [4.78, 5) is 11.4. The fourth-order valence-electron chi connectivity index (χ4n) is 1.43. The number of hydrogen-bond acceptors (Lipinski definition) is 6. The van der Waals surface area contributed by atoms with Crippen molar-refractivity contribution in [3.63, 3.8) is 0 Å². The average molecular weight is 276 g/mol. The minimum atomic E-state index is -0.664. The fraction of sp³-hybridized carbons (Fsp3) is 0.286. The van der Waals surface area contributed by atoms with Crippen LogP contribution in [-0.2, 0) is 9.53 Å². The number of nitriles is 1. The molecule has 0 saturated carbocycles. The number of carbonyl (C=O) groups is 1. The average Bonchev–Trinajstić information content (AvgIpc) is 2.47. The van der Waals surface area contributed by atoms with E-state index in [4.69, 9.17) is 19.5 Å². The Bertz CT molecular complexity index is 547. The lowest BCUT2D eigenvalue weighted by molar-refractivity contribution is -0.138. The van der Waals surface area contributed by atoms with Gasteiger partial charge in [-0.25, -0.2) is 4.79 Å². The molecule has 1 N–H and O–H groups in total. The van der Waals surface area contributed by atoms with Crippen molar-refractivity contribution in [1.29, 1.82) is 5.26 Å². The maximum Gasteiger partial charge on any atom is 0.350 e. The Hall–Kier alpha value is -2.68. The molecule has 0 unspecified atom stereocenters. The molecular weight excluding hydrogens is 260 g/mol. The highest BCUT2D eigenvalue weighted by Crippen LogP contribution is 2.29. The van der Waals surface area contributed by atoms with Gasteiger partial charge in [-0.1, -0.05) is 0 Å². The highest BCUT2D eigenvalue weighted by atomic mass is 16.5. The van der Waals surface area contributed by atoms with Crippen molar-refractivity contribution < 1.29 is 19.0 Å². The van der Waals surface area contributed by atoms with E-state index in [1.807, 2.05) is 0 Å². The van der Waals surface area contributed by atoms with Crippen LogP contribution in [0, 0.1) is 11.3 Å². The van der Waals surface area contributed by atoms with Crippen molar-refractivity contribution in [2.45, 2.75) is 6.92 Å². The first-order valence-corrected chi connectivity index (χ1v) is 5.92. The smallest absolute Gasteiger partial charge is 0.350 e. The molecule has 6 nitrogen and oxygen atoms in total. The van der Waals surface area contributed by atoms with E-state index in [-0.39, 0.29) is 12.2 Å². The predicted octanol–water partition coefficient (Wildman–Crippen LogP) is 2.09. The SMILES string of the molecule is CCOC(=O)/C(C#N)=C/Nc1ccc(OC)c(OC)c1. The normalized spacial score (nSPS) is 10.4. The zero-order valence-corrected chi connectivity index (χ0v) is 11.6. The highest BCUT2D eigenvalue weighted by Gasteiger charge is 2.09. The van der Waals surface area contributed by atoms with Gasteiger partial charge in [-0.15, -0.1) is 0 Å². The lowest BCUT2D eigenvalue weighted by Crippen LogP contribution is -2.07. The topological polar surface area (TPSA) is 80.6 Å². The molecule has 106 valence electrons. The van der Waals surface area contributed by atoms with Gasteiger partial charge in [-0.3, -0.25) is 0 Å².